The molecule has 112 valence electrons. The summed E-state index contributed by atoms with van der Waals surface area (Å²) in [5, 5.41) is 12.2. The molecule has 1 saturated heterocycles. The maximum absolute atomic E-state index is 11.2. The van der Waals surface area contributed by atoms with Gasteiger partial charge >= 0.3 is 5.97 Å². The van der Waals surface area contributed by atoms with E-state index in [0.29, 0.717) is 6.42 Å². The molecule has 0 aromatic rings. The molecule has 1 aliphatic rings. The summed E-state index contributed by atoms with van der Waals surface area (Å²) in [4.78, 5) is 13.7. The largest absolute Gasteiger partial charge is 0.480 e. The number of carbonyl (C=O) groups is 1. The maximum Gasteiger partial charge on any atom is 0.323 e. The Bertz CT molecular complexity index is 283. The Morgan fingerprint density at radius 3 is 2.74 bits per heavy atom. The lowest BCUT2D eigenvalue weighted by Gasteiger charge is -2.28. The van der Waals surface area contributed by atoms with E-state index in [2.05, 4.69) is 17.1 Å². The number of nitrogens with one attached hydrogen (secondary N) is 1. The van der Waals surface area contributed by atoms with E-state index in [1.807, 2.05) is 0 Å². The number of carboxylic acids is 1. The molecule has 0 radical (unpaired) electrons. The Kier molecular flexibility index (Phi) is 6.80. The van der Waals surface area contributed by atoms with Gasteiger partial charge in [-0.05, 0) is 58.7 Å². The predicted octanol–water partition coefficient (Wildman–Crippen LogP) is 2.34. The Morgan fingerprint density at radius 2 is 2.16 bits per heavy atom. The van der Waals surface area contributed by atoms with Crippen LogP contribution in [0, 0.1) is 5.92 Å². The number of hydrogen-bond donors (Lipinski definition) is 2. The van der Waals surface area contributed by atoms with E-state index in [0.717, 1.165) is 25.6 Å². The number of nitrogens with zero attached hydrogens (tertiary/aromatic N) is 1. The van der Waals surface area contributed by atoms with E-state index < -0.39 is 11.5 Å². The zero-order valence-corrected chi connectivity index (χ0v) is 12.7. The summed E-state index contributed by atoms with van der Waals surface area (Å²) in [5.74, 6) is 0.124. The van der Waals surface area contributed by atoms with Gasteiger partial charge in [-0.2, -0.15) is 0 Å². The van der Waals surface area contributed by atoms with Crippen LogP contribution in [0.2, 0.25) is 0 Å². The minimum atomic E-state index is -0.797. The fourth-order valence-corrected chi connectivity index (χ4v) is 2.87. The molecule has 2 atom stereocenters. The first-order chi connectivity index (χ1) is 9.01. The highest BCUT2D eigenvalue weighted by Gasteiger charge is 2.31. The van der Waals surface area contributed by atoms with Crippen molar-refractivity contribution in [2.45, 2.75) is 57.9 Å². The van der Waals surface area contributed by atoms with Gasteiger partial charge in [0.15, 0.2) is 0 Å². The SMILES string of the molecule is CCCC1CCCN(CCC(C)(NC)C(=O)O)CC1. The Labute approximate surface area is 117 Å². The van der Waals surface area contributed by atoms with Crippen molar-refractivity contribution in [3.05, 3.63) is 0 Å². The van der Waals surface area contributed by atoms with E-state index in [9.17, 15) is 9.90 Å². The topological polar surface area (TPSA) is 52.6 Å². The quantitative estimate of drug-likeness (QED) is 0.745. The monoisotopic (exact) mass is 270 g/mol. The molecule has 2 N–H and O–H groups in total. The second-order valence-electron chi connectivity index (χ2n) is 6.06. The van der Waals surface area contributed by atoms with E-state index in [4.69, 9.17) is 0 Å². The van der Waals surface area contributed by atoms with E-state index in [1.165, 1.54) is 32.1 Å². The number of likely N-dealkylation sites (tertiary alicyclic amines) is 1. The van der Waals surface area contributed by atoms with Gasteiger partial charge in [0.2, 0.25) is 0 Å². The van der Waals surface area contributed by atoms with Crippen LogP contribution in [0.15, 0.2) is 0 Å². The molecule has 2 unspecified atom stereocenters. The molecule has 0 saturated carbocycles. The summed E-state index contributed by atoms with van der Waals surface area (Å²) < 4.78 is 0. The molecule has 0 spiro atoms. The summed E-state index contributed by atoms with van der Waals surface area (Å²) in [6.45, 7) is 7.16. The van der Waals surface area contributed by atoms with Gasteiger partial charge in [0.05, 0.1) is 0 Å². The fraction of sp³-hybridized carbons (Fsp3) is 0.933. The molecule has 0 aliphatic carbocycles. The lowest BCUT2D eigenvalue weighted by atomic mass is 9.96. The summed E-state index contributed by atoms with van der Waals surface area (Å²) in [6, 6.07) is 0. The van der Waals surface area contributed by atoms with Gasteiger partial charge in [0.25, 0.3) is 0 Å². The van der Waals surface area contributed by atoms with Crippen molar-refractivity contribution in [2.24, 2.45) is 5.92 Å². The zero-order chi connectivity index (χ0) is 14.3. The van der Waals surface area contributed by atoms with Crippen molar-refractivity contribution >= 4 is 5.97 Å². The molecule has 0 aromatic carbocycles. The molecule has 19 heavy (non-hydrogen) atoms. The highest BCUT2D eigenvalue weighted by molar-refractivity contribution is 5.78. The van der Waals surface area contributed by atoms with Crippen molar-refractivity contribution < 1.29 is 9.90 Å². The van der Waals surface area contributed by atoms with Crippen LogP contribution in [0.5, 0.6) is 0 Å². The average molecular weight is 270 g/mol. The van der Waals surface area contributed by atoms with Crippen molar-refractivity contribution in [3.63, 3.8) is 0 Å². The molecule has 0 aromatic heterocycles. The van der Waals surface area contributed by atoms with Crippen LogP contribution < -0.4 is 5.32 Å². The zero-order valence-electron chi connectivity index (χ0n) is 12.7. The van der Waals surface area contributed by atoms with Crippen LogP contribution in [0.25, 0.3) is 0 Å². The van der Waals surface area contributed by atoms with Gasteiger partial charge in [-0.1, -0.05) is 19.8 Å². The third-order valence-corrected chi connectivity index (χ3v) is 4.59. The molecular formula is C15H30N2O2. The number of hydrogen-bond acceptors (Lipinski definition) is 3. The van der Waals surface area contributed by atoms with Crippen molar-refractivity contribution in [1.82, 2.24) is 10.2 Å². The summed E-state index contributed by atoms with van der Waals surface area (Å²) in [6.07, 6.45) is 7.16. The first kappa shape index (κ1) is 16.4. The molecule has 4 nitrogen and oxygen atoms in total. The second kappa shape index (κ2) is 7.85. The molecule has 1 rings (SSSR count). The van der Waals surface area contributed by atoms with E-state index in [-0.39, 0.29) is 0 Å². The summed E-state index contributed by atoms with van der Waals surface area (Å²) in [5.41, 5.74) is -0.797. The molecule has 0 bridgehead atoms. The van der Waals surface area contributed by atoms with Crippen molar-refractivity contribution in [1.29, 1.82) is 0 Å². The van der Waals surface area contributed by atoms with Crippen LogP contribution in [0.3, 0.4) is 0 Å². The van der Waals surface area contributed by atoms with Crippen LogP contribution in [-0.2, 0) is 4.79 Å². The fourth-order valence-electron chi connectivity index (χ4n) is 2.87. The number of rotatable bonds is 7. The first-order valence-corrected chi connectivity index (χ1v) is 7.66. The third-order valence-electron chi connectivity index (χ3n) is 4.59. The van der Waals surface area contributed by atoms with E-state index in [1.54, 1.807) is 14.0 Å². The highest BCUT2D eigenvalue weighted by atomic mass is 16.4. The molecular weight excluding hydrogens is 240 g/mol. The predicted molar refractivity (Wildman–Crippen MR) is 78.4 cm³/mol. The standard InChI is InChI=1S/C15H30N2O2/c1-4-6-13-7-5-10-17(11-8-13)12-9-15(2,16-3)14(18)19/h13,16H,4-12H2,1-3H3,(H,18,19). The Balaban J connectivity index is 2.39. The Morgan fingerprint density at radius 1 is 1.42 bits per heavy atom. The molecule has 1 heterocycles. The lowest BCUT2D eigenvalue weighted by molar-refractivity contribution is -0.144. The van der Waals surface area contributed by atoms with Gasteiger partial charge in [-0.3, -0.25) is 4.79 Å². The number of likely N-dealkylation sites (N-methyl/N-ethyl adjacent to an activating group) is 1. The summed E-state index contributed by atoms with van der Waals surface area (Å²) >= 11 is 0. The van der Waals surface area contributed by atoms with Gasteiger partial charge in [-0.15, -0.1) is 0 Å². The van der Waals surface area contributed by atoms with Gasteiger partial charge < -0.3 is 15.3 Å². The van der Waals surface area contributed by atoms with Gasteiger partial charge in [0.1, 0.15) is 5.54 Å². The van der Waals surface area contributed by atoms with Crippen molar-refractivity contribution in [3.8, 4) is 0 Å². The smallest absolute Gasteiger partial charge is 0.323 e. The van der Waals surface area contributed by atoms with Crippen LogP contribution in [0.1, 0.15) is 52.4 Å². The van der Waals surface area contributed by atoms with Crippen LogP contribution in [-0.4, -0.2) is 48.2 Å². The van der Waals surface area contributed by atoms with E-state index >= 15 is 0 Å². The normalized spacial score (nSPS) is 24.7. The minimum absolute atomic E-state index is 0.664. The lowest BCUT2D eigenvalue weighted by Crippen LogP contribution is -2.49. The molecule has 0 amide bonds. The van der Waals surface area contributed by atoms with Gasteiger partial charge in [-0.25, -0.2) is 0 Å². The number of carboxylic acid groups (broad SMARTS) is 1. The molecule has 1 aliphatic heterocycles. The Hall–Kier alpha value is -0.610. The van der Waals surface area contributed by atoms with Crippen LogP contribution in [0.4, 0.5) is 0 Å². The number of aliphatic carboxylic acids is 1. The highest BCUT2D eigenvalue weighted by Crippen LogP contribution is 2.22. The molecule has 4 heteroatoms. The van der Waals surface area contributed by atoms with Crippen molar-refractivity contribution in [2.75, 3.05) is 26.7 Å². The third kappa shape index (κ3) is 5.11. The van der Waals surface area contributed by atoms with Crippen LogP contribution >= 0.6 is 0 Å². The molecule has 1 fully saturated rings. The minimum Gasteiger partial charge on any atom is -0.480 e. The second-order valence-corrected chi connectivity index (χ2v) is 6.06. The maximum atomic E-state index is 11.2. The average Bonchev–Trinajstić information content (AvgIpc) is 2.62. The van der Waals surface area contributed by atoms with Gasteiger partial charge in [0, 0.05) is 6.54 Å². The first-order valence-electron chi connectivity index (χ1n) is 7.66. The summed E-state index contributed by atoms with van der Waals surface area (Å²) in [7, 11) is 1.73.